The maximum absolute atomic E-state index is 14.2. The van der Waals surface area contributed by atoms with E-state index in [1.54, 1.807) is 24.3 Å². The van der Waals surface area contributed by atoms with Crippen molar-refractivity contribution in [3.8, 4) is 17.2 Å². The molecule has 0 unspecified atom stereocenters. The minimum absolute atomic E-state index is 0.0489. The fraction of sp³-hybridized carbons (Fsp3) is 0.400. The molecule has 0 bridgehead atoms. The van der Waals surface area contributed by atoms with E-state index in [0.717, 1.165) is 42.4 Å². The molecule has 2 amide bonds. The number of nitrogens with one attached hydrogen (secondary N) is 1. The van der Waals surface area contributed by atoms with Crippen molar-refractivity contribution in [1.82, 2.24) is 5.32 Å². The van der Waals surface area contributed by atoms with Gasteiger partial charge in [-0.05, 0) is 74.6 Å². The largest absolute Gasteiger partial charge is 0.493 e. The van der Waals surface area contributed by atoms with Crippen LogP contribution >= 0.6 is 0 Å². The van der Waals surface area contributed by atoms with E-state index in [1.165, 1.54) is 32.5 Å². The van der Waals surface area contributed by atoms with Gasteiger partial charge in [0.2, 0.25) is 11.7 Å². The molecule has 0 saturated heterocycles. The number of ether oxygens (including phenoxy) is 3. The monoisotopic (exact) mass is 520 g/mol. The molecule has 1 atom stereocenters. The van der Waals surface area contributed by atoms with Crippen LogP contribution < -0.4 is 24.4 Å². The summed E-state index contributed by atoms with van der Waals surface area (Å²) in [5.41, 5.74) is 3.97. The van der Waals surface area contributed by atoms with Crippen molar-refractivity contribution in [3.05, 3.63) is 70.7 Å². The molecule has 8 heteroatoms. The van der Waals surface area contributed by atoms with Gasteiger partial charge in [-0.1, -0.05) is 30.5 Å². The zero-order valence-electron chi connectivity index (χ0n) is 22.9. The number of hydrogen-bond acceptors (Lipinski definition) is 6. The Kier molecular flexibility index (Phi) is 8.29. The van der Waals surface area contributed by atoms with E-state index in [-0.39, 0.29) is 17.7 Å². The molecule has 1 aliphatic rings. The minimum Gasteiger partial charge on any atom is -0.493 e. The fourth-order valence-electron chi connectivity index (χ4n) is 5.45. The molecule has 1 saturated carbocycles. The van der Waals surface area contributed by atoms with Crippen LogP contribution in [0.1, 0.15) is 64.5 Å². The summed E-state index contributed by atoms with van der Waals surface area (Å²) in [6.45, 7) is 5.89. The van der Waals surface area contributed by atoms with Gasteiger partial charge >= 0.3 is 0 Å². The predicted molar refractivity (Wildman–Crippen MR) is 145 cm³/mol. The van der Waals surface area contributed by atoms with E-state index in [0.29, 0.717) is 28.5 Å². The first-order chi connectivity index (χ1) is 18.3. The summed E-state index contributed by atoms with van der Waals surface area (Å²) in [6, 6.07) is 9.73. The molecule has 202 valence electrons. The maximum atomic E-state index is 14.2. The normalized spacial score (nSPS) is 14.2. The molecule has 1 N–H and O–H groups in total. The fourth-order valence-corrected chi connectivity index (χ4v) is 5.45. The van der Waals surface area contributed by atoms with Crippen LogP contribution in [0.15, 0.2) is 47.1 Å². The molecule has 1 heterocycles. The van der Waals surface area contributed by atoms with Gasteiger partial charge in [-0.3, -0.25) is 14.5 Å². The number of furan rings is 1. The van der Waals surface area contributed by atoms with Gasteiger partial charge in [-0.2, -0.15) is 0 Å². The van der Waals surface area contributed by atoms with Crippen LogP contribution in [0.2, 0.25) is 0 Å². The number of anilines is 1. The van der Waals surface area contributed by atoms with Crippen LogP contribution in [0.3, 0.4) is 0 Å². The van der Waals surface area contributed by atoms with Crippen molar-refractivity contribution in [2.24, 2.45) is 0 Å². The van der Waals surface area contributed by atoms with Gasteiger partial charge < -0.3 is 23.9 Å². The van der Waals surface area contributed by atoms with Crippen molar-refractivity contribution in [1.29, 1.82) is 0 Å². The topological polar surface area (TPSA) is 90.2 Å². The first-order valence-corrected chi connectivity index (χ1v) is 12.8. The average Bonchev–Trinajstić information content (AvgIpc) is 3.61. The molecule has 2 aromatic carbocycles. The molecule has 8 nitrogen and oxygen atoms in total. The van der Waals surface area contributed by atoms with Gasteiger partial charge in [0.05, 0.1) is 33.3 Å². The third kappa shape index (κ3) is 5.35. The molecule has 1 aliphatic carbocycles. The lowest BCUT2D eigenvalue weighted by Gasteiger charge is -2.34. The zero-order chi connectivity index (χ0) is 27.4. The Labute approximate surface area is 223 Å². The van der Waals surface area contributed by atoms with Gasteiger partial charge in [-0.15, -0.1) is 0 Å². The number of hydrogen-bond donors (Lipinski definition) is 1. The number of nitrogens with zero attached hydrogens (tertiary/aromatic N) is 1. The second-order valence-electron chi connectivity index (χ2n) is 9.75. The molecular formula is C30H36N2O6. The molecule has 0 aliphatic heterocycles. The van der Waals surface area contributed by atoms with E-state index in [9.17, 15) is 9.59 Å². The second kappa shape index (κ2) is 11.6. The number of methoxy groups -OCH3 is 3. The SMILES string of the molecule is COc1cc([C@@H](C(=O)NC2CCCC2)N(C(=O)c2ccco2)c2c(C)cc(C)cc2C)cc(OC)c1OC. The standard InChI is InChI=1S/C30H36N2O6/c1-18-14-19(2)26(20(3)15-18)32(30(34)23-12-9-13-38-23)27(29(33)31-22-10-7-8-11-22)21-16-24(35-4)28(37-6)25(17-21)36-5/h9,12-17,22,27H,7-8,10-11H2,1-6H3,(H,31,33)/t27-/m0/s1. The Morgan fingerprint density at radius 1 is 0.947 bits per heavy atom. The molecule has 1 aromatic heterocycles. The molecule has 0 spiro atoms. The van der Waals surface area contributed by atoms with Crippen molar-refractivity contribution in [2.75, 3.05) is 26.2 Å². The first kappa shape index (κ1) is 27.1. The Morgan fingerprint density at radius 3 is 2.05 bits per heavy atom. The summed E-state index contributed by atoms with van der Waals surface area (Å²) in [5.74, 6) is 0.609. The number of benzene rings is 2. The van der Waals surface area contributed by atoms with E-state index in [1.807, 2.05) is 32.9 Å². The van der Waals surface area contributed by atoms with Crippen LogP contribution in [0.4, 0.5) is 5.69 Å². The minimum atomic E-state index is -1.04. The number of aryl methyl sites for hydroxylation is 3. The van der Waals surface area contributed by atoms with Crippen LogP contribution in [-0.2, 0) is 4.79 Å². The quantitative estimate of drug-likeness (QED) is 0.391. The van der Waals surface area contributed by atoms with Crippen LogP contribution in [0.25, 0.3) is 0 Å². The van der Waals surface area contributed by atoms with Crippen LogP contribution in [0, 0.1) is 20.8 Å². The highest BCUT2D eigenvalue weighted by Crippen LogP contribution is 2.43. The molecule has 3 aromatic rings. The number of carbonyl (C=O) groups excluding carboxylic acids is 2. The lowest BCUT2D eigenvalue weighted by atomic mass is 9.97. The van der Waals surface area contributed by atoms with Gasteiger partial charge in [0.25, 0.3) is 5.91 Å². The zero-order valence-corrected chi connectivity index (χ0v) is 22.9. The first-order valence-electron chi connectivity index (χ1n) is 12.8. The Morgan fingerprint density at radius 2 is 1.55 bits per heavy atom. The highest BCUT2D eigenvalue weighted by Gasteiger charge is 2.38. The molecule has 4 rings (SSSR count). The van der Waals surface area contributed by atoms with Crippen molar-refractivity contribution in [3.63, 3.8) is 0 Å². The Balaban J connectivity index is 1.97. The summed E-state index contributed by atoms with van der Waals surface area (Å²) < 4.78 is 22.3. The smallest absolute Gasteiger partial charge is 0.294 e. The third-order valence-corrected chi connectivity index (χ3v) is 7.04. The van der Waals surface area contributed by atoms with E-state index in [4.69, 9.17) is 18.6 Å². The van der Waals surface area contributed by atoms with Crippen LogP contribution in [0.5, 0.6) is 17.2 Å². The van der Waals surface area contributed by atoms with E-state index < -0.39 is 11.9 Å². The van der Waals surface area contributed by atoms with Crippen molar-refractivity contribution >= 4 is 17.5 Å². The average molecular weight is 521 g/mol. The van der Waals surface area contributed by atoms with Gasteiger partial charge in [0, 0.05) is 6.04 Å². The summed E-state index contributed by atoms with van der Waals surface area (Å²) in [4.78, 5) is 29.9. The number of rotatable bonds is 9. The van der Waals surface area contributed by atoms with Gasteiger partial charge in [-0.25, -0.2) is 0 Å². The number of carbonyl (C=O) groups is 2. The summed E-state index contributed by atoms with van der Waals surface area (Å²) in [7, 11) is 4.57. The van der Waals surface area contributed by atoms with Gasteiger partial charge in [0.15, 0.2) is 17.3 Å². The molecule has 0 radical (unpaired) electrons. The van der Waals surface area contributed by atoms with Crippen molar-refractivity contribution < 1.29 is 28.2 Å². The van der Waals surface area contributed by atoms with Crippen molar-refractivity contribution in [2.45, 2.75) is 58.5 Å². The molecule has 1 fully saturated rings. The lowest BCUT2D eigenvalue weighted by molar-refractivity contribution is -0.123. The Hall–Kier alpha value is -3.94. The molecular weight excluding hydrogens is 484 g/mol. The maximum Gasteiger partial charge on any atom is 0.294 e. The van der Waals surface area contributed by atoms with E-state index >= 15 is 0 Å². The second-order valence-corrected chi connectivity index (χ2v) is 9.75. The van der Waals surface area contributed by atoms with E-state index in [2.05, 4.69) is 5.32 Å². The highest BCUT2D eigenvalue weighted by atomic mass is 16.5. The summed E-state index contributed by atoms with van der Waals surface area (Å²) in [5, 5.41) is 3.21. The lowest BCUT2D eigenvalue weighted by Crippen LogP contribution is -2.47. The highest BCUT2D eigenvalue weighted by molar-refractivity contribution is 6.09. The predicted octanol–water partition coefficient (Wildman–Crippen LogP) is 5.68. The van der Waals surface area contributed by atoms with Gasteiger partial charge in [0.1, 0.15) is 6.04 Å². The Bertz CT molecular complexity index is 1250. The summed E-state index contributed by atoms with van der Waals surface area (Å²) >= 11 is 0. The third-order valence-electron chi connectivity index (χ3n) is 7.04. The van der Waals surface area contributed by atoms with Crippen LogP contribution in [-0.4, -0.2) is 39.2 Å². The number of amides is 2. The summed E-state index contributed by atoms with van der Waals surface area (Å²) in [6.07, 6.45) is 5.38. The molecule has 38 heavy (non-hydrogen) atoms.